The Morgan fingerprint density at radius 2 is 1.85 bits per heavy atom. The molecule has 0 amide bonds. The van der Waals surface area contributed by atoms with Gasteiger partial charge < -0.3 is 20.6 Å². The van der Waals surface area contributed by atoms with E-state index in [2.05, 4.69) is 20.5 Å². The number of rotatable bonds is 9. The van der Waals surface area contributed by atoms with Crippen LogP contribution in [0.1, 0.15) is 65.2 Å². The van der Waals surface area contributed by atoms with E-state index in [9.17, 15) is 14.3 Å². The summed E-state index contributed by atoms with van der Waals surface area (Å²) in [4.78, 5) is 18.1. The lowest BCUT2D eigenvalue weighted by Crippen LogP contribution is -2.46. The Labute approximate surface area is 203 Å². The molecule has 1 saturated heterocycles. The molecular weight excluding hydrogens is 431 g/mol. The first-order valence-electron chi connectivity index (χ1n) is 13.1. The van der Waals surface area contributed by atoms with Gasteiger partial charge in [0.15, 0.2) is 0 Å². The molecular formula is C27H41FN4O2. The maximum absolute atomic E-state index is 13.8. The quantitative estimate of drug-likeness (QED) is 0.447. The van der Waals surface area contributed by atoms with Crippen LogP contribution in [0.15, 0.2) is 30.5 Å². The smallest absolute Gasteiger partial charge is 0.304 e. The van der Waals surface area contributed by atoms with E-state index in [1.807, 2.05) is 26.0 Å². The van der Waals surface area contributed by atoms with Gasteiger partial charge in [-0.1, -0.05) is 39.2 Å². The van der Waals surface area contributed by atoms with E-state index in [0.29, 0.717) is 12.0 Å². The molecule has 2 aliphatic rings. The first-order chi connectivity index (χ1) is 16.6. The average molecular weight is 473 g/mol. The van der Waals surface area contributed by atoms with Crippen molar-refractivity contribution in [3.05, 3.63) is 36.3 Å². The van der Waals surface area contributed by atoms with Gasteiger partial charge in [0.1, 0.15) is 11.6 Å². The van der Waals surface area contributed by atoms with Crippen LogP contribution in [0.3, 0.4) is 0 Å². The highest BCUT2D eigenvalue weighted by Gasteiger charge is 2.25. The summed E-state index contributed by atoms with van der Waals surface area (Å²) in [6, 6.07) is 7.31. The maximum Gasteiger partial charge on any atom is 0.304 e. The molecule has 34 heavy (non-hydrogen) atoms. The fourth-order valence-corrected chi connectivity index (χ4v) is 5.34. The lowest BCUT2D eigenvalue weighted by atomic mass is 9.82. The van der Waals surface area contributed by atoms with Crippen LogP contribution in [-0.4, -0.2) is 54.3 Å². The van der Waals surface area contributed by atoms with Crippen molar-refractivity contribution in [2.75, 3.05) is 31.1 Å². The Bertz CT molecular complexity index is 895. The fourth-order valence-electron chi connectivity index (χ4n) is 5.34. The van der Waals surface area contributed by atoms with Gasteiger partial charge in [0.25, 0.3) is 0 Å². The van der Waals surface area contributed by atoms with Crippen molar-refractivity contribution in [3.63, 3.8) is 0 Å². The summed E-state index contributed by atoms with van der Waals surface area (Å²) in [7, 11) is 0. The predicted octanol–water partition coefficient (Wildman–Crippen LogP) is 4.97. The molecule has 1 aliphatic heterocycles. The largest absolute Gasteiger partial charge is 0.481 e. The third-order valence-electron chi connectivity index (χ3n) is 7.08. The highest BCUT2D eigenvalue weighted by molar-refractivity contribution is 5.92. The van der Waals surface area contributed by atoms with E-state index >= 15 is 0 Å². The van der Waals surface area contributed by atoms with Gasteiger partial charge in [-0.15, -0.1) is 0 Å². The van der Waals surface area contributed by atoms with Gasteiger partial charge >= 0.3 is 5.97 Å². The molecule has 1 saturated carbocycles. The first kappa shape index (κ1) is 26.4. The van der Waals surface area contributed by atoms with E-state index in [4.69, 9.17) is 0 Å². The lowest BCUT2D eigenvalue weighted by molar-refractivity contribution is -0.138. The molecule has 4 rings (SSSR count). The van der Waals surface area contributed by atoms with Crippen LogP contribution in [0.25, 0.3) is 10.8 Å². The summed E-state index contributed by atoms with van der Waals surface area (Å²) in [5.74, 6) is 0.410. The molecule has 1 aromatic carbocycles. The number of hydrogen-bond acceptors (Lipinski definition) is 5. The van der Waals surface area contributed by atoms with Gasteiger partial charge in [-0.25, -0.2) is 9.37 Å². The summed E-state index contributed by atoms with van der Waals surface area (Å²) in [5, 5.41) is 18.3. The summed E-state index contributed by atoms with van der Waals surface area (Å²) in [6.07, 6.45) is 10.0. The first-order valence-corrected chi connectivity index (χ1v) is 13.1. The van der Waals surface area contributed by atoms with Crippen molar-refractivity contribution in [2.45, 2.75) is 77.3 Å². The molecule has 1 aliphatic carbocycles. The number of carboxylic acids is 1. The minimum Gasteiger partial charge on any atom is -0.481 e. The van der Waals surface area contributed by atoms with Crippen LogP contribution in [0.4, 0.5) is 10.2 Å². The average Bonchev–Trinajstić information content (AvgIpc) is 2.87. The molecule has 1 atom stereocenters. The molecule has 6 nitrogen and oxygen atoms in total. The van der Waals surface area contributed by atoms with E-state index in [-0.39, 0.29) is 18.3 Å². The SMILES string of the molecule is CC.O=C(O)CC(NCCNC1CCN(c2nccc3ccc(F)cc23)CC1)C1CCCCC1. The molecule has 7 heteroatoms. The topological polar surface area (TPSA) is 77.5 Å². The molecule has 2 fully saturated rings. The Morgan fingerprint density at radius 3 is 2.56 bits per heavy atom. The number of carbonyl (C=O) groups is 1. The van der Waals surface area contributed by atoms with Crippen LogP contribution in [0.2, 0.25) is 0 Å². The number of anilines is 1. The van der Waals surface area contributed by atoms with Crippen molar-refractivity contribution in [2.24, 2.45) is 5.92 Å². The number of piperidine rings is 1. The fraction of sp³-hybridized carbons (Fsp3) is 0.630. The highest BCUT2D eigenvalue weighted by Crippen LogP contribution is 2.28. The number of benzene rings is 1. The maximum atomic E-state index is 13.8. The molecule has 2 heterocycles. The number of nitrogens with one attached hydrogen (secondary N) is 2. The predicted molar refractivity (Wildman–Crippen MR) is 137 cm³/mol. The summed E-state index contributed by atoms with van der Waals surface area (Å²) in [6.45, 7) is 7.40. The molecule has 0 spiro atoms. The molecule has 0 radical (unpaired) electrons. The zero-order valence-corrected chi connectivity index (χ0v) is 20.7. The second-order valence-corrected chi connectivity index (χ2v) is 9.27. The van der Waals surface area contributed by atoms with Crippen LogP contribution >= 0.6 is 0 Å². The van der Waals surface area contributed by atoms with Gasteiger partial charge in [0.2, 0.25) is 0 Å². The Kier molecular flexibility index (Phi) is 10.5. The number of aromatic nitrogens is 1. The van der Waals surface area contributed by atoms with Gasteiger partial charge in [-0.2, -0.15) is 0 Å². The molecule has 0 bridgehead atoms. The lowest BCUT2D eigenvalue weighted by Gasteiger charge is -2.34. The van der Waals surface area contributed by atoms with Gasteiger partial charge in [-0.05, 0) is 55.2 Å². The van der Waals surface area contributed by atoms with Gasteiger partial charge in [0.05, 0.1) is 6.42 Å². The summed E-state index contributed by atoms with van der Waals surface area (Å²) >= 11 is 0. The van der Waals surface area contributed by atoms with Gasteiger partial charge in [-0.3, -0.25) is 4.79 Å². The summed E-state index contributed by atoms with van der Waals surface area (Å²) < 4.78 is 13.8. The number of aliphatic carboxylic acids is 1. The second kappa shape index (κ2) is 13.6. The van der Waals surface area contributed by atoms with E-state index in [1.54, 1.807) is 12.3 Å². The normalized spacial score (nSPS) is 18.4. The van der Waals surface area contributed by atoms with E-state index in [1.165, 1.54) is 25.3 Å². The van der Waals surface area contributed by atoms with Crippen molar-refractivity contribution in [3.8, 4) is 0 Å². The zero-order valence-electron chi connectivity index (χ0n) is 20.7. The minimum atomic E-state index is -0.713. The van der Waals surface area contributed by atoms with Crippen molar-refractivity contribution < 1.29 is 14.3 Å². The molecule has 1 unspecified atom stereocenters. The minimum absolute atomic E-state index is 0.0780. The van der Waals surface area contributed by atoms with Crippen LogP contribution in [-0.2, 0) is 4.79 Å². The van der Waals surface area contributed by atoms with Crippen LogP contribution < -0.4 is 15.5 Å². The van der Waals surface area contributed by atoms with Crippen molar-refractivity contribution in [1.82, 2.24) is 15.6 Å². The third-order valence-corrected chi connectivity index (χ3v) is 7.08. The zero-order chi connectivity index (χ0) is 24.3. The third kappa shape index (κ3) is 7.37. The monoisotopic (exact) mass is 472 g/mol. The van der Waals surface area contributed by atoms with E-state index < -0.39 is 5.97 Å². The molecule has 2 aromatic rings. The number of nitrogens with zero attached hydrogens (tertiary/aromatic N) is 2. The summed E-state index contributed by atoms with van der Waals surface area (Å²) in [5.41, 5.74) is 0. The Balaban J connectivity index is 0.00000158. The molecule has 188 valence electrons. The number of halogens is 1. The highest BCUT2D eigenvalue weighted by atomic mass is 19.1. The second-order valence-electron chi connectivity index (χ2n) is 9.27. The number of carboxylic acid groups (broad SMARTS) is 1. The van der Waals surface area contributed by atoms with Gasteiger partial charge in [0, 0.05) is 49.8 Å². The van der Waals surface area contributed by atoms with E-state index in [0.717, 1.165) is 68.5 Å². The van der Waals surface area contributed by atoms with Crippen LogP contribution in [0, 0.1) is 11.7 Å². The number of pyridine rings is 1. The molecule has 1 aromatic heterocycles. The standard InChI is InChI=1S/C25H35FN4O2.C2H6/c26-20-7-6-18-8-11-29-25(22(18)16-20)30-14-9-21(10-15-30)27-12-13-28-23(17-24(31)32)19-4-2-1-3-5-19;1-2/h6-8,11,16,19,21,23,27-28H,1-5,9-10,12-15,17H2,(H,31,32);1-2H3. The number of fused-ring (bicyclic) bond motifs is 1. The van der Waals surface area contributed by atoms with Crippen molar-refractivity contribution >= 4 is 22.6 Å². The number of hydrogen-bond donors (Lipinski definition) is 3. The van der Waals surface area contributed by atoms with Crippen molar-refractivity contribution in [1.29, 1.82) is 0 Å². The Hall–Kier alpha value is -2.25. The molecule has 3 N–H and O–H groups in total. The van der Waals surface area contributed by atoms with Crippen LogP contribution in [0.5, 0.6) is 0 Å². The Morgan fingerprint density at radius 1 is 1.12 bits per heavy atom.